The van der Waals surface area contributed by atoms with Gasteiger partial charge in [0.1, 0.15) is 5.52 Å². The normalized spacial score (nSPS) is 13.0. The van der Waals surface area contributed by atoms with Gasteiger partial charge in [0.05, 0.1) is 18.5 Å². The zero-order valence-corrected chi connectivity index (χ0v) is 10.9. The molecule has 18 heavy (non-hydrogen) atoms. The predicted octanol–water partition coefficient (Wildman–Crippen LogP) is 0.0647. The summed E-state index contributed by atoms with van der Waals surface area (Å²) in [5.41, 5.74) is 1.91. The van der Waals surface area contributed by atoms with E-state index in [4.69, 9.17) is 0 Å². The molecule has 0 aliphatic heterocycles. The van der Waals surface area contributed by atoms with Crippen molar-refractivity contribution < 1.29 is 5.11 Å². The highest BCUT2D eigenvalue weighted by molar-refractivity contribution is 7.98. The molecule has 0 saturated heterocycles. The van der Waals surface area contributed by atoms with Gasteiger partial charge in [-0.1, -0.05) is 0 Å². The Kier molecular flexibility index (Phi) is 4.40. The number of hydrogen-bond acceptors (Lipinski definition) is 5. The molecule has 0 aliphatic rings. The van der Waals surface area contributed by atoms with Crippen LogP contribution < -0.4 is 10.9 Å². The first kappa shape index (κ1) is 13.1. The maximum atomic E-state index is 11.5. The number of aromatic amines is 2. The fourth-order valence-corrected chi connectivity index (χ4v) is 2.40. The van der Waals surface area contributed by atoms with Crippen molar-refractivity contribution in [3.8, 4) is 0 Å². The lowest BCUT2D eigenvalue weighted by Crippen LogP contribution is -2.34. The monoisotopic (exact) mass is 268 g/mol. The van der Waals surface area contributed by atoms with E-state index >= 15 is 0 Å². The molecule has 98 valence electrons. The fraction of sp³-hybridized carbons (Fsp3) is 0.455. The Morgan fingerprint density at radius 3 is 3.11 bits per heavy atom. The zero-order chi connectivity index (χ0) is 13.0. The fourth-order valence-electron chi connectivity index (χ4n) is 1.77. The largest absolute Gasteiger partial charge is 0.395 e. The van der Waals surface area contributed by atoms with Crippen LogP contribution in [0.3, 0.4) is 0 Å². The highest BCUT2D eigenvalue weighted by atomic mass is 32.2. The minimum atomic E-state index is -0.172. The number of H-pyrrole nitrogens is 2. The van der Waals surface area contributed by atoms with Crippen molar-refractivity contribution in [1.29, 1.82) is 0 Å². The summed E-state index contributed by atoms with van der Waals surface area (Å²) < 4.78 is 0. The number of nitrogens with one attached hydrogen (secondary N) is 3. The number of aliphatic hydroxyl groups is 1. The average molecular weight is 268 g/mol. The quantitative estimate of drug-likeness (QED) is 0.594. The van der Waals surface area contributed by atoms with Crippen LogP contribution in [0.2, 0.25) is 0 Å². The van der Waals surface area contributed by atoms with E-state index in [2.05, 4.69) is 20.3 Å². The molecular formula is C11H16N4O2S. The summed E-state index contributed by atoms with van der Waals surface area (Å²) in [6.07, 6.45) is 5.16. The van der Waals surface area contributed by atoms with Crippen LogP contribution in [-0.4, -0.2) is 44.7 Å². The molecule has 4 N–H and O–H groups in total. The third-order valence-corrected chi connectivity index (χ3v) is 3.45. The molecule has 0 aromatic carbocycles. The first-order valence-electron chi connectivity index (χ1n) is 5.63. The van der Waals surface area contributed by atoms with Gasteiger partial charge >= 0.3 is 0 Å². The van der Waals surface area contributed by atoms with Crippen LogP contribution in [0.25, 0.3) is 11.0 Å². The van der Waals surface area contributed by atoms with Crippen LogP contribution in [0, 0.1) is 0 Å². The summed E-state index contributed by atoms with van der Waals surface area (Å²) in [7, 11) is 0. The van der Waals surface area contributed by atoms with Crippen LogP contribution in [-0.2, 0) is 6.54 Å². The van der Waals surface area contributed by atoms with Gasteiger partial charge in [0.25, 0.3) is 5.56 Å². The second-order valence-corrected chi connectivity index (χ2v) is 4.90. The molecule has 1 atom stereocenters. The number of hydrogen-bond donors (Lipinski definition) is 4. The Morgan fingerprint density at radius 2 is 2.39 bits per heavy atom. The number of fused-ring (bicyclic) bond motifs is 1. The first-order chi connectivity index (χ1) is 8.76. The molecule has 2 aromatic rings. The molecule has 0 saturated carbocycles. The molecule has 0 radical (unpaired) electrons. The van der Waals surface area contributed by atoms with Gasteiger partial charge < -0.3 is 20.4 Å². The van der Waals surface area contributed by atoms with Crippen LogP contribution in [0.4, 0.5) is 0 Å². The van der Waals surface area contributed by atoms with Crippen molar-refractivity contribution in [1.82, 2.24) is 20.3 Å². The molecule has 2 rings (SSSR count). The third kappa shape index (κ3) is 2.74. The van der Waals surface area contributed by atoms with E-state index in [9.17, 15) is 9.90 Å². The Balaban J connectivity index is 2.12. The first-order valence-corrected chi connectivity index (χ1v) is 7.02. The van der Waals surface area contributed by atoms with Crippen molar-refractivity contribution in [2.24, 2.45) is 0 Å². The van der Waals surface area contributed by atoms with Crippen LogP contribution in [0.1, 0.15) is 5.56 Å². The Bertz CT molecular complexity index is 565. The molecule has 0 aliphatic carbocycles. The number of nitrogens with zero attached hydrogens (tertiary/aromatic N) is 1. The molecule has 2 aromatic heterocycles. The SMILES string of the molecule is CSC[C@H](CO)NCc1c[nH]c2c(=O)[nH]cnc12. The Labute approximate surface area is 108 Å². The van der Waals surface area contributed by atoms with Crippen LogP contribution >= 0.6 is 11.8 Å². The van der Waals surface area contributed by atoms with E-state index in [1.165, 1.54) is 6.33 Å². The lowest BCUT2D eigenvalue weighted by atomic mass is 10.2. The maximum Gasteiger partial charge on any atom is 0.275 e. The van der Waals surface area contributed by atoms with Crippen molar-refractivity contribution in [2.45, 2.75) is 12.6 Å². The lowest BCUT2D eigenvalue weighted by Gasteiger charge is -2.14. The number of aliphatic hydroxyl groups excluding tert-OH is 1. The second-order valence-electron chi connectivity index (χ2n) is 3.98. The van der Waals surface area contributed by atoms with Crippen molar-refractivity contribution in [3.63, 3.8) is 0 Å². The Morgan fingerprint density at radius 1 is 1.56 bits per heavy atom. The van der Waals surface area contributed by atoms with Gasteiger partial charge in [0.2, 0.25) is 0 Å². The van der Waals surface area contributed by atoms with Crippen molar-refractivity contribution in [2.75, 3.05) is 18.6 Å². The molecule has 6 nitrogen and oxygen atoms in total. The van der Waals surface area contributed by atoms with Gasteiger partial charge in [-0.2, -0.15) is 11.8 Å². The molecule has 2 heterocycles. The average Bonchev–Trinajstić information content (AvgIpc) is 2.79. The van der Waals surface area contributed by atoms with Gasteiger partial charge in [-0.05, 0) is 6.26 Å². The summed E-state index contributed by atoms with van der Waals surface area (Å²) in [5.74, 6) is 0.840. The van der Waals surface area contributed by atoms with Gasteiger partial charge in [0.15, 0.2) is 0 Å². The smallest absolute Gasteiger partial charge is 0.275 e. The van der Waals surface area contributed by atoms with Gasteiger partial charge in [-0.15, -0.1) is 0 Å². The van der Waals surface area contributed by atoms with Gasteiger partial charge in [-0.3, -0.25) is 4.79 Å². The van der Waals surface area contributed by atoms with E-state index in [0.29, 0.717) is 17.6 Å². The second kappa shape index (κ2) is 6.03. The van der Waals surface area contributed by atoms with Crippen molar-refractivity contribution in [3.05, 3.63) is 28.4 Å². The van der Waals surface area contributed by atoms with Crippen molar-refractivity contribution >= 4 is 22.8 Å². The summed E-state index contributed by atoms with van der Waals surface area (Å²) in [5, 5.41) is 12.4. The van der Waals surface area contributed by atoms with Crippen LogP contribution in [0.5, 0.6) is 0 Å². The summed E-state index contributed by atoms with van der Waals surface area (Å²) in [4.78, 5) is 21.1. The molecule has 0 unspecified atom stereocenters. The molecule has 0 bridgehead atoms. The number of thioether (sulfide) groups is 1. The standard InChI is InChI=1S/C11H16N4O2S/c1-18-5-8(4-16)12-2-7-3-13-10-9(7)14-6-15-11(10)17/h3,6,8,12-13,16H,2,4-5H2,1H3,(H,14,15,17)/t8-/m0/s1. The minimum Gasteiger partial charge on any atom is -0.395 e. The highest BCUT2D eigenvalue weighted by Gasteiger charge is 2.10. The molecule has 7 heteroatoms. The molecule has 0 amide bonds. The van der Waals surface area contributed by atoms with Gasteiger partial charge in [-0.25, -0.2) is 4.98 Å². The predicted molar refractivity (Wildman–Crippen MR) is 72.8 cm³/mol. The number of rotatable bonds is 6. The van der Waals surface area contributed by atoms with E-state index in [-0.39, 0.29) is 18.2 Å². The third-order valence-electron chi connectivity index (χ3n) is 2.72. The topological polar surface area (TPSA) is 93.8 Å². The highest BCUT2D eigenvalue weighted by Crippen LogP contribution is 2.11. The van der Waals surface area contributed by atoms with E-state index in [0.717, 1.165) is 11.3 Å². The minimum absolute atomic E-state index is 0.0481. The lowest BCUT2D eigenvalue weighted by molar-refractivity contribution is 0.253. The summed E-state index contributed by atoms with van der Waals surface area (Å²) in [6.45, 7) is 0.666. The van der Waals surface area contributed by atoms with E-state index in [1.807, 2.05) is 6.26 Å². The summed E-state index contributed by atoms with van der Waals surface area (Å²) in [6, 6.07) is 0.0481. The molecule has 0 spiro atoms. The Hall–Kier alpha value is -1.31. The zero-order valence-electron chi connectivity index (χ0n) is 10.1. The summed E-state index contributed by atoms with van der Waals surface area (Å²) >= 11 is 1.68. The maximum absolute atomic E-state index is 11.5. The van der Waals surface area contributed by atoms with E-state index in [1.54, 1.807) is 18.0 Å². The van der Waals surface area contributed by atoms with Gasteiger partial charge in [0, 0.05) is 30.1 Å². The van der Waals surface area contributed by atoms with Crippen LogP contribution in [0.15, 0.2) is 17.3 Å². The van der Waals surface area contributed by atoms with E-state index < -0.39 is 0 Å². The molecular weight excluding hydrogens is 252 g/mol. The number of aromatic nitrogens is 3. The molecule has 0 fully saturated rings.